The van der Waals surface area contributed by atoms with Crippen LogP contribution in [0.4, 0.5) is 5.69 Å². The van der Waals surface area contributed by atoms with E-state index in [0.29, 0.717) is 11.5 Å². The van der Waals surface area contributed by atoms with Crippen LogP contribution < -0.4 is 4.72 Å². The number of rotatable bonds is 6. The lowest BCUT2D eigenvalue weighted by Crippen LogP contribution is -2.07. The van der Waals surface area contributed by atoms with E-state index in [9.17, 15) is 15.2 Å². The quantitative estimate of drug-likeness (QED) is 0.603. The predicted molar refractivity (Wildman–Crippen MR) is 109 cm³/mol. The number of aryl methyl sites for hydroxylation is 1. The molecule has 2 aromatic carbocycles. The zero-order valence-electron chi connectivity index (χ0n) is 15.5. The summed E-state index contributed by atoms with van der Waals surface area (Å²) in [4.78, 5) is 12.2. The molecule has 0 aromatic heterocycles. The first-order valence-corrected chi connectivity index (χ1v) is 10.3. The van der Waals surface area contributed by atoms with Crippen molar-refractivity contribution in [2.75, 3.05) is 4.72 Å². The maximum atomic E-state index is 11.3. The molecule has 0 amide bonds. The molecule has 0 unspecified atom stereocenters. The van der Waals surface area contributed by atoms with Gasteiger partial charge in [0.1, 0.15) is 0 Å². The Bertz CT molecular complexity index is 867. The van der Waals surface area contributed by atoms with Crippen molar-refractivity contribution in [3.05, 3.63) is 58.7 Å². The van der Waals surface area contributed by atoms with E-state index in [4.69, 9.17) is 0 Å². The van der Waals surface area contributed by atoms with Gasteiger partial charge in [0.25, 0.3) is 0 Å². The van der Waals surface area contributed by atoms with Crippen LogP contribution in [0, 0.1) is 11.3 Å². The third-order valence-corrected chi connectivity index (χ3v) is 6.12. The first kappa shape index (κ1) is 19.3. The van der Waals surface area contributed by atoms with E-state index in [1.807, 2.05) is 18.2 Å². The molecule has 2 N–H and O–H groups in total. The van der Waals surface area contributed by atoms with Gasteiger partial charge in [0.15, 0.2) is 0 Å². The largest absolute Gasteiger partial charge is 0.478 e. The molecule has 0 heterocycles. The zero-order chi connectivity index (χ0) is 19.2. The number of nitrogens with zero attached hydrogens (tertiary/aromatic N) is 1. The lowest BCUT2D eigenvalue weighted by molar-refractivity contribution is 0.0696. The Hall–Kier alpha value is -2.45. The summed E-state index contributed by atoms with van der Waals surface area (Å²) in [6.07, 6.45) is 6.99. The first-order valence-electron chi connectivity index (χ1n) is 9.45. The van der Waals surface area contributed by atoms with Crippen molar-refractivity contribution in [3.63, 3.8) is 0 Å². The molecule has 3 rings (SSSR count). The van der Waals surface area contributed by atoms with Gasteiger partial charge in [-0.15, -0.1) is 0 Å². The minimum Gasteiger partial charge on any atom is -0.478 e. The molecule has 1 aliphatic rings. The van der Waals surface area contributed by atoms with Crippen LogP contribution in [0.15, 0.2) is 41.3 Å². The number of nitrogens with one attached hydrogen (secondary N) is 1. The fourth-order valence-corrected chi connectivity index (χ4v) is 4.59. The summed E-state index contributed by atoms with van der Waals surface area (Å²) in [6, 6.07) is 13.3. The summed E-state index contributed by atoms with van der Waals surface area (Å²) in [5.74, 6) is -0.403. The Labute approximate surface area is 164 Å². The van der Waals surface area contributed by atoms with Crippen LogP contribution in [-0.2, 0) is 6.42 Å². The van der Waals surface area contributed by atoms with Crippen LogP contribution >= 0.6 is 11.9 Å². The van der Waals surface area contributed by atoms with E-state index in [-0.39, 0.29) is 5.56 Å². The molecular formula is C22H24N2O2S. The van der Waals surface area contributed by atoms with Gasteiger partial charge < -0.3 is 9.83 Å². The van der Waals surface area contributed by atoms with Gasteiger partial charge in [-0.05, 0) is 72.5 Å². The van der Waals surface area contributed by atoms with Gasteiger partial charge in [0, 0.05) is 10.6 Å². The van der Waals surface area contributed by atoms with E-state index in [0.717, 1.165) is 22.6 Å². The number of hydrogen-bond acceptors (Lipinski definition) is 4. The van der Waals surface area contributed by atoms with Crippen LogP contribution in [0.2, 0.25) is 0 Å². The Morgan fingerprint density at radius 3 is 2.67 bits per heavy atom. The third kappa shape index (κ3) is 4.64. The Balaban J connectivity index is 1.88. The second kappa shape index (κ2) is 8.96. The maximum Gasteiger partial charge on any atom is 0.335 e. The summed E-state index contributed by atoms with van der Waals surface area (Å²) < 4.78 is 3.42. The molecule has 5 heteroatoms. The highest BCUT2D eigenvalue weighted by molar-refractivity contribution is 8.00. The number of aromatic carboxylic acids is 1. The lowest BCUT2D eigenvalue weighted by Gasteiger charge is -2.25. The second-order valence-electron chi connectivity index (χ2n) is 6.93. The number of carbonyl (C=O) groups is 1. The van der Waals surface area contributed by atoms with Crippen molar-refractivity contribution in [1.29, 1.82) is 5.26 Å². The van der Waals surface area contributed by atoms with Gasteiger partial charge in [-0.25, -0.2) is 4.79 Å². The van der Waals surface area contributed by atoms with E-state index < -0.39 is 5.97 Å². The lowest BCUT2D eigenvalue weighted by atomic mass is 9.83. The molecule has 1 saturated carbocycles. The molecule has 4 nitrogen and oxygen atoms in total. The molecule has 0 radical (unpaired) electrons. The molecule has 0 bridgehead atoms. The van der Waals surface area contributed by atoms with Crippen molar-refractivity contribution >= 4 is 23.6 Å². The second-order valence-corrected chi connectivity index (χ2v) is 7.78. The molecule has 0 spiro atoms. The number of nitriles is 1. The summed E-state index contributed by atoms with van der Waals surface area (Å²) in [5.41, 5.74) is 4.25. The van der Waals surface area contributed by atoms with E-state index in [2.05, 4.69) is 23.8 Å². The van der Waals surface area contributed by atoms with Gasteiger partial charge in [0.05, 0.1) is 17.2 Å². The predicted octanol–water partition coefficient (Wildman–Crippen LogP) is 5.99. The van der Waals surface area contributed by atoms with E-state index in [1.54, 1.807) is 12.1 Å². The van der Waals surface area contributed by atoms with Crippen molar-refractivity contribution in [2.24, 2.45) is 0 Å². The van der Waals surface area contributed by atoms with Crippen LogP contribution in [0.25, 0.3) is 0 Å². The van der Waals surface area contributed by atoms with Crippen molar-refractivity contribution in [2.45, 2.75) is 56.3 Å². The average molecular weight is 381 g/mol. The standard InChI is InChI=1S/C22H24N2O2S/c1-2-16-9-10-18(22(25)26)13-21(16)27-24-20-12-15(14-23)8-11-19(20)17-6-4-3-5-7-17/h8-13,17,24H,2-7H2,1H3,(H,25,26). The van der Waals surface area contributed by atoms with Gasteiger partial charge in [-0.3, -0.25) is 0 Å². The molecule has 1 fully saturated rings. The highest BCUT2D eigenvalue weighted by Crippen LogP contribution is 2.38. The third-order valence-electron chi connectivity index (χ3n) is 5.19. The van der Waals surface area contributed by atoms with Crippen molar-refractivity contribution in [3.8, 4) is 6.07 Å². The van der Waals surface area contributed by atoms with E-state index >= 15 is 0 Å². The smallest absolute Gasteiger partial charge is 0.335 e. The Kier molecular flexibility index (Phi) is 6.41. The zero-order valence-corrected chi connectivity index (χ0v) is 16.3. The molecule has 0 saturated heterocycles. The van der Waals surface area contributed by atoms with Gasteiger partial charge >= 0.3 is 5.97 Å². The minimum absolute atomic E-state index is 0.287. The van der Waals surface area contributed by atoms with Crippen LogP contribution in [0.3, 0.4) is 0 Å². The summed E-state index contributed by atoms with van der Waals surface area (Å²) in [5, 5.41) is 18.6. The molecule has 2 aromatic rings. The molecule has 0 atom stereocenters. The highest BCUT2D eigenvalue weighted by atomic mass is 32.2. The highest BCUT2D eigenvalue weighted by Gasteiger charge is 2.19. The maximum absolute atomic E-state index is 11.3. The first-order chi connectivity index (χ1) is 13.1. The van der Waals surface area contributed by atoms with Crippen molar-refractivity contribution in [1.82, 2.24) is 0 Å². The van der Waals surface area contributed by atoms with Gasteiger partial charge in [0.2, 0.25) is 0 Å². The Morgan fingerprint density at radius 1 is 1.22 bits per heavy atom. The molecular weight excluding hydrogens is 356 g/mol. The SMILES string of the molecule is CCc1ccc(C(=O)O)cc1SNc1cc(C#N)ccc1C1CCCCC1. The fourth-order valence-electron chi connectivity index (χ4n) is 3.67. The van der Waals surface area contributed by atoms with Crippen molar-refractivity contribution < 1.29 is 9.90 Å². The number of carboxylic acid groups (broad SMARTS) is 1. The summed E-state index contributed by atoms with van der Waals surface area (Å²) in [6.45, 7) is 2.06. The Morgan fingerprint density at radius 2 is 2.00 bits per heavy atom. The summed E-state index contributed by atoms with van der Waals surface area (Å²) >= 11 is 1.43. The molecule has 27 heavy (non-hydrogen) atoms. The summed E-state index contributed by atoms with van der Waals surface area (Å²) in [7, 11) is 0. The average Bonchev–Trinajstić information content (AvgIpc) is 2.72. The van der Waals surface area contributed by atoms with Gasteiger partial charge in [-0.1, -0.05) is 38.3 Å². The van der Waals surface area contributed by atoms with Crippen LogP contribution in [0.1, 0.15) is 72.0 Å². The molecule has 1 aliphatic carbocycles. The van der Waals surface area contributed by atoms with Crippen LogP contribution in [-0.4, -0.2) is 11.1 Å². The van der Waals surface area contributed by atoms with Crippen LogP contribution in [0.5, 0.6) is 0 Å². The number of benzene rings is 2. The molecule has 0 aliphatic heterocycles. The van der Waals surface area contributed by atoms with E-state index in [1.165, 1.54) is 49.6 Å². The van der Waals surface area contributed by atoms with Gasteiger partial charge in [-0.2, -0.15) is 5.26 Å². The number of carboxylic acids is 1. The topological polar surface area (TPSA) is 73.1 Å². The monoisotopic (exact) mass is 380 g/mol. The fraction of sp³-hybridized carbons (Fsp3) is 0.364. The minimum atomic E-state index is -0.922. The normalized spacial score (nSPS) is 14.5. The number of anilines is 1. The molecule has 140 valence electrons. The number of hydrogen-bond donors (Lipinski definition) is 2.